The molecule has 1 amide bonds. The lowest BCUT2D eigenvalue weighted by molar-refractivity contribution is -0.133. The van der Waals surface area contributed by atoms with Crippen molar-refractivity contribution >= 4 is 11.9 Å². The number of rotatable bonds is 4. The van der Waals surface area contributed by atoms with E-state index in [0.717, 1.165) is 25.9 Å². The van der Waals surface area contributed by atoms with E-state index in [1.54, 1.807) is 6.92 Å². The van der Waals surface area contributed by atoms with E-state index in [0.29, 0.717) is 5.41 Å². The number of nitrogens with one attached hydrogen (secondary N) is 1. The Morgan fingerprint density at radius 3 is 2.52 bits per heavy atom. The fourth-order valence-electron chi connectivity index (χ4n) is 3.31. The number of carbonyl (C=O) groups is 1. The molecule has 1 aliphatic heterocycles. The lowest BCUT2D eigenvalue weighted by Gasteiger charge is -2.33. The van der Waals surface area contributed by atoms with E-state index in [1.165, 1.54) is 12.8 Å². The minimum atomic E-state index is -2.74. The van der Waals surface area contributed by atoms with Gasteiger partial charge in [0.15, 0.2) is 0 Å². The van der Waals surface area contributed by atoms with Crippen LogP contribution in [-0.4, -0.2) is 46.1 Å². The summed E-state index contributed by atoms with van der Waals surface area (Å²) in [6.45, 7) is 3.29. The first-order valence-corrected chi connectivity index (χ1v) is 8.15. The Bertz CT molecular complexity index is 619. The molecule has 1 aromatic heterocycles. The van der Waals surface area contributed by atoms with Gasteiger partial charge in [0.05, 0.1) is 0 Å². The van der Waals surface area contributed by atoms with Crippen molar-refractivity contribution in [3.63, 3.8) is 0 Å². The van der Waals surface area contributed by atoms with Gasteiger partial charge >= 0.3 is 6.01 Å². The minimum Gasteiger partial charge on any atom is -0.408 e. The minimum absolute atomic E-state index is 0.0167. The molecule has 126 valence electrons. The summed E-state index contributed by atoms with van der Waals surface area (Å²) in [6, 6.07) is -0.490. The van der Waals surface area contributed by atoms with Gasteiger partial charge in [0.25, 0.3) is 5.92 Å². The molecule has 1 saturated heterocycles. The first-order valence-electron chi connectivity index (χ1n) is 8.15. The van der Waals surface area contributed by atoms with Gasteiger partial charge in [-0.1, -0.05) is 5.10 Å². The van der Waals surface area contributed by atoms with Gasteiger partial charge < -0.3 is 14.6 Å². The number of nitrogens with zero attached hydrogens (tertiary/aromatic N) is 3. The van der Waals surface area contributed by atoms with Crippen molar-refractivity contribution < 1.29 is 18.0 Å². The molecule has 1 spiro atoms. The Labute approximate surface area is 132 Å². The first kappa shape index (κ1) is 14.8. The molecule has 6 nitrogen and oxygen atoms in total. The summed E-state index contributed by atoms with van der Waals surface area (Å²) in [6.07, 6.45) is 4.48. The number of halogens is 2. The standard InChI is InChI=1S/C15H20F2N4O2/c1-9(12(22)21-6-4-14(2-3-14)5-7-21)18-13-20-19-11(23-13)10-8-15(10,16)17/h9-10H,2-8H2,1H3,(H,18,20)/t9-,10-/m1/s1. The van der Waals surface area contributed by atoms with E-state index >= 15 is 0 Å². The molecule has 2 atom stereocenters. The molecule has 0 unspecified atom stereocenters. The van der Waals surface area contributed by atoms with E-state index in [9.17, 15) is 13.6 Å². The molecule has 0 radical (unpaired) electrons. The molecule has 3 aliphatic rings. The molecule has 4 rings (SSSR count). The SMILES string of the molecule is C[C@@H](Nc1nnc([C@H]2CC2(F)F)o1)C(=O)N1CCC2(CC1)CC2. The molecule has 2 saturated carbocycles. The zero-order valence-electron chi connectivity index (χ0n) is 13.0. The van der Waals surface area contributed by atoms with Gasteiger partial charge in [-0.2, -0.15) is 0 Å². The van der Waals surface area contributed by atoms with Crippen LogP contribution < -0.4 is 5.32 Å². The third kappa shape index (κ3) is 2.79. The smallest absolute Gasteiger partial charge is 0.316 e. The van der Waals surface area contributed by atoms with Crippen molar-refractivity contribution in [2.45, 2.75) is 56.9 Å². The van der Waals surface area contributed by atoms with E-state index in [1.807, 2.05) is 4.90 Å². The molecule has 1 N–H and O–H groups in total. The molecule has 8 heteroatoms. The summed E-state index contributed by atoms with van der Waals surface area (Å²) in [7, 11) is 0. The molecular weight excluding hydrogens is 306 g/mol. The number of aromatic nitrogens is 2. The zero-order valence-corrected chi connectivity index (χ0v) is 13.0. The second-order valence-corrected chi connectivity index (χ2v) is 7.15. The van der Waals surface area contributed by atoms with Crippen molar-refractivity contribution in [3.05, 3.63) is 5.89 Å². The Hall–Kier alpha value is -1.73. The van der Waals surface area contributed by atoms with Gasteiger partial charge in [0, 0.05) is 19.5 Å². The number of hydrogen-bond acceptors (Lipinski definition) is 5. The van der Waals surface area contributed by atoms with Crippen LogP contribution in [0.3, 0.4) is 0 Å². The quantitative estimate of drug-likeness (QED) is 0.920. The summed E-state index contributed by atoms with van der Waals surface area (Å²) in [5.74, 6) is -3.80. The highest BCUT2D eigenvalue weighted by Gasteiger charge is 2.61. The number of likely N-dealkylation sites (tertiary alicyclic amines) is 1. The Kier molecular flexibility index (Phi) is 3.15. The van der Waals surface area contributed by atoms with Crippen molar-refractivity contribution in [2.24, 2.45) is 5.41 Å². The number of amides is 1. The fourth-order valence-corrected chi connectivity index (χ4v) is 3.31. The van der Waals surface area contributed by atoms with Crippen molar-refractivity contribution in [1.82, 2.24) is 15.1 Å². The van der Waals surface area contributed by atoms with Gasteiger partial charge in [-0.05, 0) is 38.0 Å². The maximum atomic E-state index is 13.0. The maximum absolute atomic E-state index is 13.0. The summed E-state index contributed by atoms with van der Waals surface area (Å²) in [5, 5.41) is 10.2. The van der Waals surface area contributed by atoms with Gasteiger partial charge in [-0.3, -0.25) is 4.79 Å². The predicted molar refractivity (Wildman–Crippen MR) is 77.2 cm³/mol. The monoisotopic (exact) mass is 326 g/mol. The highest BCUT2D eigenvalue weighted by molar-refractivity contribution is 5.83. The van der Waals surface area contributed by atoms with Crippen LogP contribution in [0.5, 0.6) is 0 Å². The van der Waals surface area contributed by atoms with Crippen LogP contribution in [0.25, 0.3) is 0 Å². The third-order valence-electron chi connectivity index (χ3n) is 5.37. The summed E-state index contributed by atoms with van der Waals surface area (Å²) >= 11 is 0. The van der Waals surface area contributed by atoms with Gasteiger partial charge in [0.2, 0.25) is 11.8 Å². The second kappa shape index (κ2) is 4.88. The first-order chi connectivity index (χ1) is 10.9. The highest BCUT2D eigenvalue weighted by atomic mass is 19.3. The lowest BCUT2D eigenvalue weighted by Crippen LogP contribution is -2.45. The van der Waals surface area contributed by atoms with Crippen molar-refractivity contribution in [2.75, 3.05) is 18.4 Å². The van der Waals surface area contributed by atoms with Gasteiger partial charge in [-0.15, -0.1) is 5.10 Å². The molecule has 1 aromatic rings. The second-order valence-electron chi connectivity index (χ2n) is 7.15. The van der Waals surface area contributed by atoms with Crippen LogP contribution in [0, 0.1) is 5.41 Å². The van der Waals surface area contributed by atoms with E-state index in [2.05, 4.69) is 15.5 Å². The number of anilines is 1. The van der Waals surface area contributed by atoms with Crippen LogP contribution in [0.2, 0.25) is 0 Å². The molecule has 23 heavy (non-hydrogen) atoms. The number of hydrogen-bond donors (Lipinski definition) is 1. The molecular formula is C15H20F2N4O2. The molecule has 0 aromatic carbocycles. The number of alkyl halides is 2. The average molecular weight is 326 g/mol. The number of carbonyl (C=O) groups excluding carboxylic acids is 1. The Balaban J connectivity index is 1.32. The van der Waals surface area contributed by atoms with Crippen LogP contribution in [-0.2, 0) is 4.79 Å². The summed E-state index contributed by atoms with van der Waals surface area (Å²) in [4.78, 5) is 14.3. The van der Waals surface area contributed by atoms with Crippen LogP contribution >= 0.6 is 0 Å². The highest BCUT2D eigenvalue weighted by Crippen LogP contribution is 2.55. The van der Waals surface area contributed by atoms with Crippen LogP contribution in [0.1, 0.15) is 50.8 Å². The van der Waals surface area contributed by atoms with E-state index in [-0.39, 0.29) is 24.2 Å². The summed E-state index contributed by atoms with van der Waals surface area (Å²) < 4.78 is 31.2. The normalized spacial score (nSPS) is 28.5. The molecule has 2 aliphatic carbocycles. The van der Waals surface area contributed by atoms with Crippen molar-refractivity contribution in [1.29, 1.82) is 0 Å². The van der Waals surface area contributed by atoms with Crippen LogP contribution in [0.4, 0.5) is 14.8 Å². The molecule has 3 fully saturated rings. The Morgan fingerprint density at radius 1 is 1.30 bits per heavy atom. The molecule has 0 bridgehead atoms. The number of piperidine rings is 1. The molecule has 2 heterocycles. The Morgan fingerprint density at radius 2 is 1.96 bits per heavy atom. The largest absolute Gasteiger partial charge is 0.408 e. The van der Waals surface area contributed by atoms with E-state index in [4.69, 9.17) is 4.42 Å². The predicted octanol–water partition coefficient (Wildman–Crippen LogP) is 2.40. The lowest BCUT2D eigenvalue weighted by atomic mass is 9.93. The maximum Gasteiger partial charge on any atom is 0.316 e. The zero-order chi connectivity index (χ0) is 16.2. The fraction of sp³-hybridized carbons (Fsp3) is 0.800. The topological polar surface area (TPSA) is 71.3 Å². The average Bonchev–Trinajstić information content (AvgIpc) is 3.35. The summed E-state index contributed by atoms with van der Waals surface area (Å²) in [5.41, 5.74) is 0.518. The third-order valence-corrected chi connectivity index (χ3v) is 5.37. The van der Waals surface area contributed by atoms with Crippen LogP contribution in [0.15, 0.2) is 4.42 Å². The van der Waals surface area contributed by atoms with Gasteiger partial charge in [-0.25, -0.2) is 8.78 Å². The van der Waals surface area contributed by atoms with Gasteiger partial charge in [0.1, 0.15) is 12.0 Å². The van der Waals surface area contributed by atoms with Crippen molar-refractivity contribution in [3.8, 4) is 0 Å². The van der Waals surface area contributed by atoms with E-state index < -0.39 is 17.9 Å².